The van der Waals surface area contributed by atoms with Crippen LogP contribution in [0.25, 0.3) is 5.82 Å². The summed E-state index contributed by atoms with van der Waals surface area (Å²) in [6.07, 6.45) is 6.44. The lowest BCUT2D eigenvalue weighted by molar-refractivity contribution is -0.778. The van der Waals surface area contributed by atoms with E-state index in [1.54, 1.807) is 0 Å². The lowest BCUT2D eigenvalue weighted by atomic mass is 10.3. The summed E-state index contributed by atoms with van der Waals surface area (Å²) in [6, 6.07) is 7.36. The number of aryl methyl sites for hydroxylation is 1. The van der Waals surface area contributed by atoms with E-state index in [9.17, 15) is 0 Å². The van der Waals surface area contributed by atoms with Crippen molar-refractivity contribution >= 4 is 17.1 Å². The highest BCUT2D eigenvalue weighted by Crippen LogP contribution is 2.30. The molecule has 0 fully saturated rings. The van der Waals surface area contributed by atoms with E-state index in [1.165, 1.54) is 11.4 Å². The van der Waals surface area contributed by atoms with Gasteiger partial charge in [0.1, 0.15) is 18.4 Å². The average Bonchev–Trinajstić information content (AvgIpc) is 2.98. The first-order chi connectivity index (χ1) is 12.0. The second-order valence-electron chi connectivity index (χ2n) is 7.15. The molecule has 3 heterocycles. The summed E-state index contributed by atoms with van der Waals surface area (Å²) in [4.78, 5) is 2.37. The van der Waals surface area contributed by atoms with Crippen LogP contribution in [0, 0.1) is 0 Å². The number of nitrogens with one attached hydrogen (secondary N) is 3. The maximum Gasteiger partial charge on any atom is 0.449 e. The van der Waals surface area contributed by atoms with E-state index in [0.717, 1.165) is 24.8 Å². The molecule has 2 aromatic heterocycles. The van der Waals surface area contributed by atoms with Gasteiger partial charge >= 0.3 is 5.82 Å². The van der Waals surface area contributed by atoms with Crippen LogP contribution in [-0.4, -0.2) is 25.4 Å². The van der Waals surface area contributed by atoms with Gasteiger partial charge in [0.05, 0.1) is 25.1 Å². The van der Waals surface area contributed by atoms with Gasteiger partial charge in [-0.3, -0.25) is 5.32 Å². The van der Waals surface area contributed by atoms with E-state index in [2.05, 4.69) is 102 Å². The van der Waals surface area contributed by atoms with Gasteiger partial charge in [0.25, 0.3) is 0 Å². The number of rotatable bonds is 6. The topological polar surface area (TPSA) is 47.1 Å². The normalized spacial score (nSPS) is 13.3. The van der Waals surface area contributed by atoms with Crippen LogP contribution in [0.5, 0.6) is 0 Å². The van der Waals surface area contributed by atoms with Crippen LogP contribution < -0.4 is 30.0 Å². The highest BCUT2D eigenvalue weighted by Gasteiger charge is 2.27. The van der Waals surface area contributed by atoms with E-state index in [4.69, 9.17) is 0 Å². The van der Waals surface area contributed by atoms with Crippen LogP contribution in [0.4, 0.5) is 17.1 Å². The summed E-state index contributed by atoms with van der Waals surface area (Å²) < 4.78 is 4.32. The number of fused-ring (bicyclic) bond motifs is 1. The number of pyridine rings is 2. The van der Waals surface area contributed by atoms with Crippen molar-refractivity contribution in [3.8, 4) is 5.82 Å². The third kappa shape index (κ3) is 3.85. The van der Waals surface area contributed by atoms with Crippen molar-refractivity contribution in [2.24, 2.45) is 7.05 Å². The van der Waals surface area contributed by atoms with Crippen molar-refractivity contribution < 1.29 is 9.13 Å². The molecule has 0 spiro atoms. The lowest BCUT2D eigenvalue weighted by Crippen LogP contribution is -2.46. The van der Waals surface area contributed by atoms with Crippen molar-refractivity contribution in [3.05, 3.63) is 36.8 Å². The maximum atomic E-state index is 3.46. The first kappa shape index (κ1) is 17.5. The molecule has 3 rings (SSSR count). The summed E-state index contributed by atoms with van der Waals surface area (Å²) in [5, 5.41) is 10.2. The number of aromatic nitrogens is 2. The third-order valence-electron chi connectivity index (χ3n) is 4.49. The monoisotopic (exact) mass is 342 g/mol. The summed E-state index contributed by atoms with van der Waals surface area (Å²) in [5.74, 6) is 1.13. The van der Waals surface area contributed by atoms with Crippen molar-refractivity contribution in [3.63, 3.8) is 0 Å². The van der Waals surface area contributed by atoms with Gasteiger partial charge in [-0.2, -0.15) is 0 Å². The molecule has 0 amide bonds. The van der Waals surface area contributed by atoms with E-state index >= 15 is 0 Å². The van der Waals surface area contributed by atoms with Crippen molar-refractivity contribution in [2.75, 3.05) is 28.9 Å². The SMILES string of the molecule is CC(C)NCNc1ccc(-[n+]2ccc3c(c2)N(C(C)C)CN3)[n+](C)c1. The molecule has 0 radical (unpaired) electrons. The van der Waals surface area contributed by atoms with E-state index in [1.807, 2.05) is 0 Å². The molecule has 0 saturated heterocycles. The molecule has 2 aromatic rings. The Kier molecular flexibility index (Phi) is 5.08. The molecule has 0 atom stereocenters. The fourth-order valence-corrected chi connectivity index (χ4v) is 3.05. The maximum absolute atomic E-state index is 3.46. The van der Waals surface area contributed by atoms with Crippen LogP contribution in [0.3, 0.4) is 0 Å². The molecule has 6 nitrogen and oxygen atoms in total. The molecule has 0 unspecified atom stereocenters. The second-order valence-corrected chi connectivity index (χ2v) is 7.15. The Balaban J connectivity index is 1.82. The Hall–Kier alpha value is -2.34. The van der Waals surface area contributed by atoms with Crippen LogP contribution in [0.2, 0.25) is 0 Å². The molecule has 6 heteroatoms. The van der Waals surface area contributed by atoms with Crippen molar-refractivity contribution in [1.29, 1.82) is 0 Å². The number of nitrogens with zero attached hydrogens (tertiary/aromatic N) is 3. The van der Waals surface area contributed by atoms with Crippen LogP contribution >= 0.6 is 0 Å². The Morgan fingerprint density at radius 3 is 2.64 bits per heavy atom. The van der Waals surface area contributed by atoms with Gasteiger partial charge in [-0.05, 0) is 33.8 Å². The molecule has 0 bridgehead atoms. The zero-order valence-corrected chi connectivity index (χ0v) is 15.9. The molecule has 25 heavy (non-hydrogen) atoms. The predicted octanol–water partition coefficient (Wildman–Crippen LogP) is 1.75. The highest BCUT2D eigenvalue weighted by molar-refractivity contribution is 5.73. The van der Waals surface area contributed by atoms with Crippen LogP contribution in [-0.2, 0) is 7.05 Å². The Morgan fingerprint density at radius 2 is 1.96 bits per heavy atom. The average molecular weight is 342 g/mol. The lowest BCUT2D eigenvalue weighted by Gasteiger charge is -2.20. The fraction of sp³-hybridized carbons (Fsp3) is 0.474. The van der Waals surface area contributed by atoms with Gasteiger partial charge in [-0.15, -0.1) is 9.13 Å². The zero-order valence-electron chi connectivity index (χ0n) is 15.9. The summed E-state index contributed by atoms with van der Waals surface area (Å²) in [5.41, 5.74) is 3.55. The Morgan fingerprint density at radius 1 is 1.16 bits per heavy atom. The third-order valence-corrected chi connectivity index (χ3v) is 4.49. The molecule has 1 aliphatic heterocycles. The number of hydrogen-bond acceptors (Lipinski definition) is 4. The van der Waals surface area contributed by atoms with Gasteiger partial charge in [0.15, 0.2) is 12.4 Å². The number of hydrogen-bond donors (Lipinski definition) is 3. The molecule has 134 valence electrons. The largest absolute Gasteiger partial charge is 0.449 e. The molecular formula is C19H30N6+2. The Labute approximate surface area is 150 Å². The summed E-state index contributed by atoms with van der Waals surface area (Å²) >= 11 is 0. The number of anilines is 3. The molecule has 0 aromatic carbocycles. The predicted molar refractivity (Wildman–Crippen MR) is 102 cm³/mol. The summed E-state index contributed by atoms with van der Waals surface area (Å²) in [7, 11) is 2.08. The molecule has 0 aliphatic carbocycles. The quantitative estimate of drug-likeness (QED) is 0.553. The van der Waals surface area contributed by atoms with Gasteiger partial charge in [0, 0.05) is 18.2 Å². The van der Waals surface area contributed by atoms with E-state index in [0.29, 0.717) is 12.1 Å². The van der Waals surface area contributed by atoms with Crippen molar-refractivity contribution in [1.82, 2.24) is 5.32 Å². The minimum atomic E-state index is 0.471. The minimum absolute atomic E-state index is 0.471. The standard InChI is InChI=1S/C19H29N6/c1-14(2)20-12-21-16-6-7-19(23(5)10-16)24-9-8-17-18(11-24)25(13-22-17)15(3)4/h6-11,14-15,20-21H,12-13H2,1-5H3/q+1/p+1. The van der Waals surface area contributed by atoms with E-state index in [-0.39, 0.29) is 0 Å². The smallest absolute Gasteiger partial charge is 0.368 e. The van der Waals surface area contributed by atoms with E-state index < -0.39 is 0 Å². The molecule has 3 N–H and O–H groups in total. The van der Waals surface area contributed by atoms with Crippen LogP contribution in [0.15, 0.2) is 36.8 Å². The Bertz CT molecular complexity index is 741. The first-order valence-corrected chi connectivity index (χ1v) is 8.99. The van der Waals surface area contributed by atoms with Gasteiger partial charge in [0.2, 0.25) is 6.20 Å². The molecular weight excluding hydrogens is 312 g/mol. The van der Waals surface area contributed by atoms with Gasteiger partial charge in [-0.25, -0.2) is 0 Å². The van der Waals surface area contributed by atoms with Crippen molar-refractivity contribution in [2.45, 2.75) is 39.8 Å². The summed E-state index contributed by atoms with van der Waals surface area (Å²) in [6.45, 7) is 10.4. The minimum Gasteiger partial charge on any atom is -0.368 e. The van der Waals surface area contributed by atoms with Crippen LogP contribution in [0.1, 0.15) is 27.7 Å². The first-order valence-electron chi connectivity index (χ1n) is 8.99. The fourth-order valence-electron chi connectivity index (χ4n) is 3.05. The zero-order chi connectivity index (χ0) is 18.0. The highest BCUT2D eigenvalue weighted by atomic mass is 15.3. The second kappa shape index (κ2) is 7.27. The van der Waals surface area contributed by atoms with Gasteiger partial charge < -0.3 is 15.5 Å². The van der Waals surface area contributed by atoms with Gasteiger partial charge in [-0.1, -0.05) is 0 Å². The molecule has 1 aliphatic rings. The molecule has 0 saturated carbocycles.